The lowest BCUT2D eigenvalue weighted by molar-refractivity contribution is -0.123. The number of aryl methyl sites for hydroxylation is 1. The van der Waals surface area contributed by atoms with Gasteiger partial charge < -0.3 is 15.2 Å². The molecule has 0 aliphatic heterocycles. The summed E-state index contributed by atoms with van der Waals surface area (Å²) >= 11 is 0. The predicted molar refractivity (Wildman–Crippen MR) is 103 cm³/mol. The number of amides is 1. The SMILES string of the molecule is CNC(C(=O)NCc1ccc(Cn2ccccc2=O)cc1)c1cnn(C)c1. The summed E-state index contributed by atoms with van der Waals surface area (Å²) in [6, 6.07) is 12.5. The Kier molecular flexibility index (Phi) is 5.83. The standard InChI is InChI=1S/C20H23N5O2/c1-21-19(17-12-23-24(2)14-17)20(27)22-11-15-6-8-16(9-7-15)13-25-10-4-3-5-18(25)26/h3-10,12,14,19,21H,11,13H2,1-2H3,(H,22,27). The first kappa shape index (κ1) is 18.6. The number of aromatic nitrogens is 3. The number of carbonyl (C=O) groups excluding carboxylic acids is 1. The minimum absolute atomic E-state index is 0.0256. The van der Waals surface area contributed by atoms with Crippen LogP contribution >= 0.6 is 0 Å². The number of pyridine rings is 1. The third-order valence-electron chi connectivity index (χ3n) is 4.35. The molecule has 0 aliphatic rings. The Balaban J connectivity index is 1.59. The van der Waals surface area contributed by atoms with Gasteiger partial charge in [0, 0.05) is 37.6 Å². The summed E-state index contributed by atoms with van der Waals surface area (Å²) in [5.74, 6) is -0.106. The van der Waals surface area contributed by atoms with Crippen LogP contribution in [0.4, 0.5) is 0 Å². The molecule has 140 valence electrons. The van der Waals surface area contributed by atoms with Crippen molar-refractivity contribution in [3.63, 3.8) is 0 Å². The average molecular weight is 365 g/mol. The maximum atomic E-state index is 12.5. The van der Waals surface area contributed by atoms with E-state index < -0.39 is 6.04 Å². The highest BCUT2D eigenvalue weighted by molar-refractivity contribution is 5.83. The monoisotopic (exact) mass is 365 g/mol. The van der Waals surface area contributed by atoms with Crippen molar-refractivity contribution in [1.29, 1.82) is 0 Å². The van der Waals surface area contributed by atoms with E-state index in [-0.39, 0.29) is 11.5 Å². The molecule has 27 heavy (non-hydrogen) atoms. The van der Waals surface area contributed by atoms with Crippen LogP contribution in [-0.2, 0) is 24.9 Å². The fourth-order valence-corrected chi connectivity index (χ4v) is 2.88. The Hall–Kier alpha value is -3.19. The Morgan fingerprint density at radius 2 is 1.89 bits per heavy atom. The molecule has 7 heteroatoms. The second kappa shape index (κ2) is 8.46. The molecule has 0 spiro atoms. The third-order valence-corrected chi connectivity index (χ3v) is 4.35. The van der Waals surface area contributed by atoms with Gasteiger partial charge in [0.2, 0.25) is 5.91 Å². The van der Waals surface area contributed by atoms with Gasteiger partial charge in [0.1, 0.15) is 6.04 Å². The third kappa shape index (κ3) is 4.71. The average Bonchev–Trinajstić information content (AvgIpc) is 3.09. The van der Waals surface area contributed by atoms with Crippen molar-refractivity contribution >= 4 is 5.91 Å². The molecule has 0 aliphatic carbocycles. The number of carbonyl (C=O) groups is 1. The van der Waals surface area contributed by atoms with Gasteiger partial charge in [-0.1, -0.05) is 30.3 Å². The van der Waals surface area contributed by atoms with E-state index in [0.29, 0.717) is 13.1 Å². The molecule has 0 fully saturated rings. The Labute approximate surface area is 157 Å². The molecule has 2 N–H and O–H groups in total. The molecule has 0 saturated carbocycles. The zero-order valence-corrected chi connectivity index (χ0v) is 15.4. The lowest BCUT2D eigenvalue weighted by Crippen LogP contribution is -2.35. The van der Waals surface area contributed by atoms with Crippen LogP contribution in [0, 0.1) is 0 Å². The van der Waals surface area contributed by atoms with Gasteiger partial charge in [-0.3, -0.25) is 14.3 Å². The molecule has 2 heterocycles. The molecular formula is C20H23N5O2. The van der Waals surface area contributed by atoms with Crippen LogP contribution in [0.15, 0.2) is 65.8 Å². The second-order valence-electron chi connectivity index (χ2n) is 6.37. The van der Waals surface area contributed by atoms with Gasteiger partial charge in [-0.25, -0.2) is 0 Å². The van der Waals surface area contributed by atoms with Gasteiger partial charge in [0.25, 0.3) is 5.56 Å². The van der Waals surface area contributed by atoms with Gasteiger partial charge in [0.15, 0.2) is 0 Å². The molecule has 0 bridgehead atoms. The molecule has 2 aromatic heterocycles. The minimum atomic E-state index is -0.442. The summed E-state index contributed by atoms with van der Waals surface area (Å²) < 4.78 is 3.33. The number of nitrogens with zero attached hydrogens (tertiary/aromatic N) is 3. The van der Waals surface area contributed by atoms with Crippen molar-refractivity contribution in [1.82, 2.24) is 25.0 Å². The lowest BCUT2D eigenvalue weighted by Gasteiger charge is -2.14. The van der Waals surface area contributed by atoms with Crippen molar-refractivity contribution in [3.05, 3.63) is 88.1 Å². The van der Waals surface area contributed by atoms with E-state index in [1.807, 2.05) is 43.6 Å². The van der Waals surface area contributed by atoms with Crippen LogP contribution < -0.4 is 16.2 Å². The van der Waals surface area contributed by atoms with Crippen molar-refractivity contribution in [2.45, 2.75) is 19.1 Å². The van der Waals surface area contributed by atoms with E-state index in [2.05, 4.69) is 15.7 Å². The number of rotatable bonds is 7. The van der Waals surface area contributed by atoms with E-state index in [0.717, 1.165) is 16.7 Å². The van der Waals surface area contributed by atoms with Gasteiger partial charge in [-0.05, 0) is 24.2 Å². The zero-order chi connectivity index (χ0) is 19.2. The van der Waals surface area contributed by atoms with E-state index in [9.17, 15) is 9.59 Å². The summed E-state index contributed by atoms with van der Waals surface area (Å²) in [6.45, 7) is 0.956. The molecule has 1 unspecified atom stereocenters. The molecule has 1 amide bonds. The largest absolute Gasteiger partial charge is 0.350 e. The van der Waals surface area contributed by atoms with Gasteiger partial charge in [0.05, 0.1) is 12.7 Å². The summed E-state index contributed by atoms with van der Waals surface area (Å²) in [5.41, 5.74) is 2.82. The maximum Gasteiger partial charge on any atom is 0.250 e. The van der Waals surface area contributed by atoms with Crippen molar-refractivity contribution in [2.75, 3.05) is 7.05 Å². The minimum Gasteiger partial charge on any atom is -0.350 e. The normalized spacial score (nSPS) is 11.9. The maximum absolute atomic E-state index is 12.5. The zero-order valence-electron chi connectivity index (χ0n) is 15.4. The number of hydrogen-bond donors (Lipinski definition) is 2. The number of benzene rings is 1. The fourth-order valence-electron chi connectivity index (χ4n) is 2.88. The van der Waals surface area contributed by atoms with E-state index in [1.54, 1.807) is 40.8 Å². The van der Waals surface area contributed by atoms with Crippen molar-refractivity contribution in [3.8, 4) is 0 Å². The summed E-state index contributed by atoms with van der Waals surface area (Å²) in [7, 11) is 3.57. The van der Waals surface area contributed by atoms with Crippen LogP contribution in [-0.4, -0.2) is 27.3 Å². The summed E-state index contributed by atoms with van der Waals surface area (Å²) in [6.07, 6.45) is 5.27. The molecule has 0 radical (unpaired) electrons. The van der Waals surface area contributed by atoms with Crippen LogP contribution in [0.25, 0.3) is 0 Å². The Morgan fingerprint density at radius 3 is 2.52 bits per heavy atom. The van der Waals surface area contributed by atoms with E-state index >= 15 is 0 Å². The first-order valence-electron chi connectivity index (χ1n) is 8.73. The molecule has 7 nitrogen and oxygen atoms in total. The Bertz CT molecular complexity index is 959. The quantitative estimate of drug-likeness (QED) is 0.659. The number of nitrogens with one attached hydrogen (secondary N) is 2. The van der Waals surface area contributed by atoms with E-state index in [4.69, 9.17) is 0 Å². The molecule has 1 atom stereocenters. The van der Waals surface area contributed by atoms with Crippen LogP contribution in [0.1, 0.15) is 22.7 Å². The second-order valence-corrected chi connectivity index (χ2v) is 6.37. The highest BCUT2D eigenvalue weighted by Gasteiger charge is 2.19. The number of likely N-dealkylation sites (N-methyl/N-ethyl adjacent to an activating group) is 1. The van der Waals surface area contributed by atoms with Gasteiger partial charge >= 0.3 is 0 Å². The highest BCUT2D eigenvalue weighted by Crippen LogP contribution is 2.12. The molecule has 1 aromatic carbocycles. The van der Waals surface area contributed by atoms with Crippen LogP contribution in [0.3, 0.4) is 0 Å². The van der Waals surface area contributed by atoms with Gasteiger partial charge in [-0.2, -0.15) is 5.10 Å². The van der Waals surface area contributed by atoms with Gasteiger partial charge in [-0.15, -0.1) is 0 Å². The van der Waals surface area contributed by atoms with Crippen LogP contribution in [0.2, 0.25) is 0 Å². The predicted octanol–water partition coefficient (Wildman–Crippen LogP) is 1.21. The first-order valence-corrected chi connectivity index (χ1v) is 8.73. The summed E-state index contributed by atoms with van der Waals surface area (Å²) in [5, 5.41) is 10.1. The van der Waals surface area contributed by atoms with Crippen molar-refractivity contribution < 1.29 is 4.79 Å². The van der Waals surface area contributed by atoms with Crippen LogP contribution in [0.5, 0.6) is 0 Å². The smallest absolute Gasteiger partial charge is 0.250 e. The number of hydrogen-bond acceptors (Lipinski definition) is 4. The molecular weight excluding hydrogens is 342 g/mol. The fraction of sp³-hybridized carbons (Fsp3) is 0.250. The van der Waals surface area contributed by atoms with E-state index in [1.165, 1.54) is 0 Å². The van der Waals surface area contributed by atoms with Crippen molar-refractivity contribution in [2.24, 2.45) is 7.05 Å². The topological polar surface area (TPSA) is 81.0 Å². The Morgan fingerprint density at radius 1 is 1.15 bits per heavy atom. The lowest BCUT2D eigenvalue weighted by atomic mass is 10.1. The first-order chi connectivity index (χ1) is 13.1. The molecule has 3 rings (SSSR count). The summed E-state index contributed by atoms with van der Waals surface area (Å²) in [4.78, 5) is 24.2. The highest BCUT2D eigenvalue weighted by atomic mass is 16.2. The molecule has 3 aromatic rings. The molecule has 0 saturated heterocycles.